The summed E-state index contributed by atoms with van der Waals surface area (Å²) >= 11 is 12.3. The molecule has 6 nitrogen and oxygen atoms in total. The molecule has 27 heavy (non-hydrogen) atoms. The monoisotopic (exact) mass is 424 g/mol. The van der Waals surface area contributed by atoms with Crippen LogP contribution >= 0.6 is 23.2 Å². The molecule has 0 amide bonds. The molecule has 3 aromatic rings. The Hall–Kier alpha value is -1.67. The van der Waals surface area contributed by atoms with Crippen molar-refractivity contribution in [2.24, 2.45) is 0 Å². The third-order valence-electron chi connectivity index (χ3n) is 4.04. The first-order valence-electron chi connectivity index (χ1n) is 8.59. The van der Waals surface area contributed by atoms with Gasteiger partial charge in [0.15, 0.2) is 0 Å². The molecule has 0 aliphatic heterocycles. The van der Waals surface area contributed by atoms with Gasteiger partial charge in [0.05, 0.1) is 23.2 Å². The normalized spacial score (nSPS) is 11.9. The Morgan fingerprint density at radius 3 is 2.67 bits per heavy atom. The van der Waals surface area contributed by atoms with Crippen molar-refractivity contribution in [1.82, 2.24) is 19.7 Å². The SMILES string of the molecule is COc1ncc(Cl)cc1-c1nn(COCC[Si](C)(C)C)c2ccc(Cl)nc12. The summed E-state index contributed by atoms with van der Waals surface area (Å²) in [4.78, 5) is 8.68. The van der Waals surface area contributed by atoms with Gasteiger partial charge in [-0.3, -0.25) is 0 Å². The van der Waals surface area contributed by atoms with Gasteiger partial charge in [0.1, 0.15) is 23.1 Å². The van der Waals surface area contributed by atoms with Gasteiger partial charge < -0.3 is 9.47 Å². The van der Waals surface area contributed by atoms with Crippen molar-refractivity contribution in [3.05, 3.63) is 34.6 Å². The van der Waals surface area contributed by atoms with Crippen molar-refractivity contribution in [3.8, 4) is 17.1 Å². The molecule has 0 aromatic carbocycles. The number of rotatable bonds is 7. The summed E-state index contributed by atoms with van der Waals surface area (Å²) in [7, 11) is 0.408. The number of ether oxygens (including phenoxy) is 2. The Morgan fingerprint density at radius 2 is 1.96 bits per heavy atom. The zero-order valence-electron chi connectivity index (χ0n) is 15.8. The zero-order chi connectivity index (χ0) is 19.6. The summed E-state index contributed by atoms with van der Waals surface area (Å²) in [5, 5.41) is 5.56. The second kappa shape index (κ2) is 8.14. The Bertz CT molecular complexity index is 956. The van der Waals surface area contributed by atoms with Crippen LogP contribution in [0, 0.1) is 0 Å². The molecule has 0 spiro atoms. The summed E-state index contributed by atoms with van der Waals surface area (Å²) in [5.41, 5.74) is 2.74. The summed E-state index contributed by atoms with van der Waals surface area (Å²) in [6, 6.07) is 6.47. The van der Waals surface area contributed by atoms with E-state index in [1.165, 1.54) is 6.20 Å². The van der Waals surface area contributed by atoms with Crippen molar-refractivity contribution >= 4 is 42.3 Å². The highest BCUT2D eigenvalue weighted by atomic mass is 35.5. The van der Waals surface area contributed by atoms with Crippen molar-refractivity contribution in [2.75, 3.05) is 13.7 Å². The van der Waals surface area contributed by atoms with Crippen LogP contribution in [0.5, 0.6) is 5.88 Å². The van der Waals surface area contributed by atoms with Crippen LogP contribution in [-0.2, 0) is 11.5 Å². The summed E-state index contributed by atoms with van der Waals surface area (Å²) < 4.78 is 13.0. The Labute approximate surface area is 169 Å². The number of methoxy groups -OCH3 is 1. The highest BCUT2D eigenvalue weighted by molar-refractivity contribution is 6.76. The summed E-state index contributed by atoms with van der Waals surface area (Å²) in [5.74, 6) is 0.423. The molecule has 3 aromatic heterocycles. The lowest BCUT2D eigenvalue weighted by Gasteiger charge is -2.15. The van der Waals surface area contributed by atoms with E-state index in [1.54, 1.807) is 23.9 Å². The average molecular weight is 425 g/mol. The van der Waals surface area contributed by atoms with Crippen LogP contribution in [0.25, 0.3) is 22.3 Å². The molecule has 144 valence electrons. The van der Waals surface area contributed by atoms with Gasteiger partial charge in [-0.25, -0.2) is 14.6 Å². The van der Waals surface area contributed by atoms with E-state index < -0.39 is 8.07 Å². The highest BCUT2D eigenvalue weighted by Crippen LogP contribution is 2.34. The fraction of sp³-hybridized carbons (Fsp3) is 0.389. The second-order valence-corrected chi connectivity index (χ2v) is 13.9. The molecule has 0 aliphatic rings. The fourth-order valence-electron chi connectivity index (χ4n) is 2.60. The number of fused-ring (bicyclic) bond motifs is 1. The molecule has 3 rings (SSSR count). The largest absolute Gasteiger partial charge is 0.481 e. The smallest absolute Gasteiger partial charge is 0.222 e. The van der Waals surface area contributed by atoms with Crippen LogP contribution in [0.2, 0.25) is 35.9 Å². The molecule has 0 aliphatic carbocycles. The molecule has 0 atom stereocenters. The van der Waals surface area contributed by atoms with Crippen LogP contribution in [0.3, 0.4) is 0 Å². The van der Waals surface area contributed by atoms with Gasteiger partial charge in [0.2, 0.25) is 5.88 Å². The molecule has 0 radical (unpaired) electrons. The minimum absolute atomic E-state index is 0.334. The maximum atomic E-state index is 6.14. The van der Waals surface area contributed by atoms with Gasteiger partial charge in [0.25, 0.3) is 0 Å². The molecule has 0 saturated heterocycles. The number of aromatic nitrogens is 4. The average Bonchev–Trinajstić information content (AvgIpc) is 2.95. The number of pyridine rings is 2. The van der Waals surface area contributed by atoms with E-state index in [9.17, 15) is 0 Å². The highest BCUT2D eigenvalue weighted by Gasteiger charge is 2.19. The lowest BCUT2D eigenvalue weighted by molar-refractivity contribution is 0.0818. The second-order valence-electron chi connectivity index (χ2n) is 7.41. The molecule has 9 heteroatoms. The van der Waals surface area contributed by atoms with Crippen LogP contribution < -0.4 is 4.74 Å². The van der Waals surface area contributed by atoms with E-state index in [4.69, 9.17) is 32.7 Å². The first-order chi connectivity index (χ1) is 12.8. The lowest BCUT2D eigenvalue weighted by atomic mass is 10.1. The van der Waals surface area contributed by atoms with Crippen LogP contribution in [0.15, 0.2) is 24.4 Å². The molecule has 0 bridgehead atoms. The van der Waals surface area contributed by atoms with E-state index in [0.717, 1.165) is 11.6 Å². The quantitative estimate of drug-likeness (QED) is 0.299. The maximum absolute atomic E-state index is 6.14. The predicted octanol–water partition coefficient (Wildman–Crippen LogP) is 5.12. The van der Waals surface area contributed by atoms with Crippen LogP contribution in [0.1, 0.15) is 0 Å². The summed E-state index contributed by atoms with van der Waals surface area (Å²) in [6.45, 7) is 8.00. The minimum atomic E-state index is -1.15. The summed E-state index contributed by atoms with van der Waals surface area (Å²) in [6.07, 6.45) is 1.53. The third-order valence-corrected chi connectivity index (χ3v) is 6.16. The van der Waals surface area contributed by atoms with Crippen LogP contribution in [-0.4, -0.2) is 41.5 Å². The molecule has 3 heterocycles. The molecule has 0 saturated carbocycles. The van der Waals surface area contributed by atoms with Gasteiger partial charge >= 0.3 is 0 Å². The molecule has 0 fully saturated rings. The molecular weight excluding hydrogens is 403 g/mol. The Balaban J connectivity index is 1.99. The lowest BCUT2D eigenvalue weighted by Crippen LogP contribution is -2.22. The van der Waals surface area contributed by atoms with Crippen molar-refractivity contribution in [1.29, 1.82) is 0 Å². The predicted molar refractivity (Wildman–Crippen MR) is 111 cm³/mol. The third kappa shape index (κ3) is 4.79. The van der Waals surface area contributed by atoms with Gasteiger partial charge in [-0.05, 0) is 24.2 Å². The van der Waals surface area contributed by atoms with E-state index in [1.807, 2.05) is 6.07 Å². The number of hydrogen-bond donors (Lipinski definition) is 0. The maximum Gasteiger partial charge on any atom is 0.222 e. The topological polar surface area (TPSA) is 62.1 Å². The molecular formula is C18H22Cl2N4O2Si. The standard InChI is InChI=1S/C18H22Cl2N4O2Si/c1-25-18-13(9-12(19)10-21-18)16-17-14(5-6-15(20)22-17)24(23-16)11-26-7-8-27(2,3)4/h5-6,9-10H,7-8,11H2,1-4H3. The van der Waals surface area contributed by atoms with E-state index in [2.05, 4.69) is 34.7 Å². The molecule has 0 N–H and O–H groups in total. The van der Waals surface area contributed by atoms with Crippen LogP contribution in [0.4, 0.5) is 0 Å². The first-order valence-corrected chi connectivity index (χ1v) is 13.1. The van der Waals surface area contributed by atoms with Crippen molar-refractivity contribution in [2.45, 2.75) is 32.4 Å². The van der Waals surface area contributed by atoms with E-state index in [-0.39, 0.29) is 0 Å². The zero-order valence-corrected chi connectivity index (χ0v) is 18.3. The number of halogens is 2. The Morgan fingerprint density at radius 1 is 1.19 bits per heavy atom. The molecule has 0 unspecified atom stereocenters. The van der Waals surface area contributed by atoms with Gasteiger partial charge in [-0.15, -0.1) is 0 Å². The van der Waals surface area contributed by atoms with Gasteiger partial charge in [0, 0.05) is 20.9 Å². The number of nitrogens with zero attached hydrogens (tertiary/aromatic N) is 4. The van der Waals surface area contributed by atoms with Crippen molar-refractivity contribution in [3.63, 3.8) is 0 Å². The van der Waals surface area contributed by atoms with E-state index in [0.29, 0.717) is 46.2 Å². The Kier molecular flexibility index (Phi) is 6.05. The van der Waals surface area contributed by atoms with Gasteiger partial charge in [-0.1, -0.05) is 42.8 Å². The first kappa shape index (κ1) is 20.1. The van der Waals surface area contributed by atoms with E-state index >= 15 is 0 Å². The fourth-order valence-corrected chi connectivity index (χ4v) is 3.66. The number of hydrogen-bond acceptors (Lipinski definition) is 5. The van der Waals surface area contributed by atoms with Crippen molar-refractivity contribution < 1.29 is 9.47 Å². The minimum Gasteiger partial charge on any atom is -0.481 e. The van der Waals surface area contributed by atoms with Gasteiger partial charge in [-0.2, -0.15) is 5.10 Å².